The topological polar surface area (TPSA) is 102 Å². The molecule has 0 bridgehead atoms. The van der Waals surface area contributed by atoms with Crippen LogP contribution in [0.1, 0.15) is 51.0 Å². The number of urea groups is 1. The van der Waals surface area contributed by atoms with Crippen molar-refractivity contribution in [1.82, 2.24) is 15.5 Å². The van der Waals surface area contributed by atoms with Crippen LogP contribution in [-0.2, 0) is 15.1 Å². The van der Waals surface area contributed by atoms with E-state index in [1.165, 1.54) is 0 Å². The summed E-state index contributed by atoms with van der Waals surface area (Å²) in [5.41, 5.74) is -1.36. The number of amides is 4. The number of carbonyl (C=O) groups excluding carboxylic acids is 3. The highest BCUT2D eigenvalue weighted by molar-refractivity contribution is 6.09. The van der Waals surface area contributed by atoms with E-state index in [4.69, 9.17) is 0 Å². The standard InChI is InChI=1S/C20H24N4O3/c1-2-20(15-9-5-3-6-10-15)17(26)24(18(27)23-20)13-16(25)22-19(14-21)11-7-4-8-12-19/h3,5-6,9-10H,2,4,7-8,11-13H2,1H3,(H,22,25)(H,23,27)/t20-/m1/s1. The Morgan fingerprint density at radius 2 is 1.89 bits per heavy atom. The lowest BCUT2D eigenvalue weighted by Gasteiger charge is -2.32. The van der Waals surface area contributed by atoms with Gasteiger partial charge in [-0.15, -0.1) is 0 Å². The molecule has 2 aliphatic rings. The number of imide groups is 1. The maximum absolute atomic E-state index is 13.0. The van der Waals surface area contributed by atoms with Crippen LogP contribution in [0, 0.1) is 11.3 Å². The van der Waals surface area contributed by atoms with Crippen molar-refractivity contribution in [3.05, 3.63) is 35.9 Å². The highest BCUT2D eigenvalue weighted by Gasteiger charge is 2.51. The van der Waals surface area contributed by atoms with Crippen molar-refractivity contribution < 1.29 is 14.4 Å². The molecule has 7 nitrogen and oxygen atoms in total. The van der Waals surface area contributed by atoms with Gasteiger partial charge in [-0.2, -0.15) is 5.26 Å². The van der Waals surface area contributed by atoms with Gasteiger partial charge in [0.1, 0.15) is 17.6 Å². The van der Waals surface area contributed by atoms with Gasteiger partial charge < -0.3 is 10.6 Å². The molecule has 2 N–H and O–H groups in total. The summed E-state index contributed by atoms with van der Waals surface area (Å²) >= 11 is 0. The minimum Gasteiger partial charge on any atom is -0.336 e. The molecule has 1 atom stereocenters. The van der Waals surface area contributed by atoms with Crippen LogP contribution in [0.4, 0.5) is 4.79 Å². The summed E-state index contributed by atoms with van der Waals surface area (Å²) in [6.45, 7) is 1.43. The van der Waals surface area contributed by atoms with Crippen molar-refractivity contribution in [3.63, 3.8) is 0 Å². The quantitative estimate of drug-likeness (QED) is 0.778. The van der Waals surface area contributed by atoms with E-state index in [-0.39, 0.29) is 6.54 Å². The molecule has 1 aliphatic carbocycles. The van der Waals surface area contributed by atoms with E-state index < -0.39 is 28.9 Å². The first-order valence-electron chi connectivity index (χ1n) is 9.38. The Hall–Kier alpha value is -2.88. The van der Waals surface area contributed by atoms with E-state index in [1.807, 2.05) is 13.0 Å². The average molecular weight is 368 g/mol. The van der Waals surface area contributed by atoms with Gasteiger partial charge in [0.05, 0.1) is 6.07 Å². The number of nitrogens with one attached hydrogen (secondary N) is 2. The lowest BCUT2D eigenvalue weighted by Crippen LogP contribution is -2.52. The number of carbonyl (C=O) groups is 3. The zero-order valence-corrected chi connectivity index (χ0v) is 15.5. The highest BCUT2D eigenvalue weighted by Crippen LogP contribution is 2.32. The van der Waals surface area contributed by atoms with Gasteiger partial charge in [0.15, 0.2) is 0 Å². The number of benzene rings is 1. The van der Waals surface area contributed by atoms with Crippen LogP contribution in [0.5, 0.6) is 0 Å². The Morgan fingerprint density at radius 3 is 2.48 bits per heavy atom. The third-order valence-corrected chi connectivity index (χ3v) is 5.57. The fraction of sp³-hybridized carbons (Fsp3) is 0.500. The molecule has 0 unspecified atom stereocenters. The predicted octanol–water partition coefficient (Wildman–Crippen LogP) is 2.19. The van der Waals surface area contributed by atoms with Gasteiger partial charge in [-0.3, -0.25) is 14.5 Å². The third-order valence-electron chi connectivity index (χ3n) is 5.57. The molecule has 1 aromatic carbocycles. The highest BCUT2D eigenvalue weighted by atomic mass is 16.2. The minimum absolute atomic E-state index is 0.377. The second-order valence-electron chi connectivity index (χ2n) is 7.25. The van der Waals surface area contributed by atoms with Gasteiger partial charge in [0.25, 0.3) is 5.91 Å². The monoisotopic (exact) mass is 368 g/mol. The minimum atomic E-state index is -1.16. The van der Waals surface area contributed by atoms with E-state index in [0.717, 1.165) is 24.2 Å². The molecular formula is C20H24N4O3. The lowest BCUT2D eigenvalue weighted by atomic mass is 9.83. The van der Waals surface area contributed by atoms with E-state index >= 15 is 0 Å². The molecule has 27 heavy (non-hydrogen) atoms. The summed E-state index contributed by atoms with van der Waals surface area (Å²) in [6.07, 6.45) is 4.37. The zero-order chi connectivity index (χ0) is 19.5. The maximum Gasteiger partial charge on any atom is 0.325 e. The number of nitrogens with zero attached hydrogens (tertiary/aromatic N) is 2. The van der Waals surface area contributed by atoms with E-state index in [1.54, 1.807) is 24.3 Å². The summed E-state index contributed by atoms with van der Waals surface area (Å²) in [6, 6.07) is 10.7. The lowest BCUT2D eigenvalue weighted by molar-refractivity contribution is -0.135. The van der Waals surface area contributed by atoms with E-state index in [9.17, 15) is 19.6 Å². The Morgan fingerprint density at radius 1 is 1.22 bits per heavy atom. The molecule has 1 aromatic rings. The molecule has 142 valence electrons. The molecule has 2 fully saturated rings. The second kappa shape index (κ2) is 7.39. The summed E-state index contributed by atoms with van der Waals surface area (Å²) in [5.74, 6) is -0.923. The van der Waals surface area contributed by atoms with Crippen LogP contribution >= 0.6 is 0 Å². The zero-order valence-electron chi connectivity index (χ0n) is 15.5. The Balaban J connectivity index is 1.76. The Kier molecular flexibility index (Phi) is 5.17. The molecular weight excluding hydrogens is 344 g/mol. The average Bonchev–Trinajstić information content (AvgIpc) is 2.94. The van der Waals surface area contributed by atoms with Crippen LogP contribution < -0.4 is 10.6 Å². The van der Waals surface area contributed by atoms with Crippen molar-refractivity contribution in [2.45, 2.75) is 56.5 Å². The van der Waals surface area contributed by atoms with Gasteiger partial charge >= 0.3 is 6.03 Å². The third kappa shape index (κ3) is 3.39. The fourth-order valence-electron chi connectivity index (χ4n) is 4.00. The number of nitriles is 1. The molecule has 7 heteroatoms. The first-order chi connectivity index (χ1) is 13.0. The van der Waals surface area contributed by atoms with Crippen molar-refractivity contribution in [2.75, 3.05) is 6.54 Å². The smallest absolute Gasteiger partial charge is 0.325 e. The van der Waals surface area contributed by atoms with Crippen LogP contribution in [0.15, 0.2) is 30.3 Å². The first kappa shape index (κ1) is 18.9. The fourth-order valence-corrected chi connectivity index (χ4v) is 4.00. The number of hydrogen-bond acceptors (Lipinski definition) is 4. The van der Waals surface area contributed by atoms with Gasteiger partial charge in [0, 0.05) is 0 Å². The Labute approximate surface area is 158 Å². The molecule has 0 spiro atoms. The van der Waals surface area contributed by atoms with Gasteiger partial charge in [-0.1, -0.05) is 56.5 Å². The van der Waals surface area contributed by atoms with Crippen LogP contribution in [0.25, 0.3) is 0 Å². The van der Waals surface area contributed by atoms with Crippen molar-refractivity contribution in [1.29, 1.82) is 5.26 Å². The maximum atomic E-state index is 13.0. The van der Waals surface area contributed by atoms with Crippen molar-refractivity contribution in [2.24, 2.45) is 0 Å². The predicted molar refractivity (Wildman–Crippen MR) is 98.2 cm³/mol. The van der Waals surface area contributed by atoms with Crippen molar-refractivity contribution >= 4 is 17.8 Å². The van der Waals surface area contributed by atoms with Crippen LogP contribution in [-0.4, -0.2) is 34.8 Å². The molecule has 1 saturated heterocycles. The van der Waals surface area contributed by atoms with E-state index in [0.29, 0.717) is 24.8 Å². The molecule has 1 heterocycles. The van der Waals surface area contributed by atoms with Gasteiger partial charge in [-0.25, -0.2) is 4.79 Å². The van der Waals surface area contributed by atoms with Crippen LogP contribution in [0.3, 0.4) is 0 Å². The van der Waals surface area contributed by atoms with Gasteiger partial charge in [0.2, 0.25) is 5.91 Å². The molecule has 4 amide bonds. The molecule has 0 aromatic heterocycles. The van der Waals surface area contributed by atoms with Gasteiger partial charge in [-0.05, 0) is 24.8 Å². The molecule has 1 aliphatic heterocycles. The normalized spacial score (nSPS) is 24.2. The SMILES string of the molecule is CC[C@]1(c2ccccc2)NC(=O)N(CC(=O)NC2(C#N)CCCCC2)C1=O. The largest absolute Gasteiger partial charge is 0.336 e. The summed E-state index contributed by atoms with van der Waals surface area (Å²) in [7, 11) is 0. The number of rotatable bonds is 5. The second-order valence-corrected chi connectivity index (χ2v) is 7.25. The van der Waals surface area contributed by atoms with Crippen LogP contribution in [0.2, 0.25) is 0 Å². The van der Waals surface area contributed by atoms with Crippen molar-refractivity contribution in [3.8, 4) is 6.07 Å². The molecule has 0 radical (unpaired) electrons. The number of hydrogen-bond donors (Lipinski definition) is 2. The van der Waals surface area contributed by atoms with E-state index in [2.05, 4.69) is 16.7 Å². The summed E-state index contributed by atoms with van der Waals surface area (Å²) in [4.78, 5) is 39.0. The first-order valence-corrected chi connectivity index (χ1v) is 9.38. The Bertz CT molecular complexity index is 780. The molecule has 1 saturated carbocycles. The summed E-state index contributed by atoms with van der Waals surface area (Å²) in [5, 5.41) is 15.0. The molecule has 3 rings (SSSR count). The summed E-state index contributed by atoms with van der Waals surface area (Å²) < 4.78 is 0.